The number of benzene rings is 4. The molecule has 0 bridgehead atoms. The van der Waals surface area contributed by atoms with Crippen LogP contribution in [0.15, 0.2) is 131 Å². The Labute approximate surface area is 268 Å². The van der Waals surface area contributed by atoms with Crippen LogP contribution >= 0.6 is 44.3 Å². The van der Waals surface area contributed by atoms with Crippen molar-refractivity contribution in [2.45, 2.75) is 37.8 Å². The molecule has 41 heavy (non-hydrogen) atoms. The maximum atomic E-state index is 5.16. The normalized spacial score (nSPS) is 17.3. The Morgan fingerprint density at radius 2 is 0.805 bits per heavy atom. The molecular weight excluding hydrogens is 717 g/mol. The average Bonchev–Trinajstić information content (AvgIpc) is 3.04. The minimum absolute atomic E-state index is 0.305. The van der Waals surface area contributed by atoms with Gasteiger partial charge in [0.15, 0.2) is 0 Å². The summed E-state index contributed by atoms with van der Waals surface area (Å²) in [5, 5.41) is 5.80. The molecule has 1 aliphatic rings. The minimum atomic E-state index is -0.889. The van der Waals surface area contributed by atoms with E-state index in [1.54, 1.807) is 0 Å². The van der Waals surface area contributed by atoms with Crippen molar-refractivity contribution in [2.75, 3.05) is 12.3 Å². The molecule has 0 saturated heterocycles. The molecule has 0 N–H and O–H groups in total. The van der Waals surface area contributed by atoms with E-state index in [9.17, 15) is 0 Å². The van der Waals surface area contributed by atoms with Crippen LogP contribution in [0.5, 0.6) is 0 Å². The summed E-state index contributed by atoms with van der Waals surface area (Å²) in [5.41, 5.74) is 0. The summed E-state index contributed by atoms with van der Waals surface area (Å²) < 4.78 is 0. The first-order chi connectivity index (χ1) is 20.3. The quantitative estimate of drug-likeness (QED) is 0.0896. The molecule has 1 fully saturated rings. The number of halogens is 2. The maximum absolute atomic E-state index is 5.16. The number of nitrogens with zero attached hydrogens (tertiary/aromatic N) is 2. The van der Waals surface area contributed by atoms with E-state index >= 15 is 0 Å². The molecule has 7 heteroatoms. The van der Waals surface area contributed by atoms with Gasteiger partial charge in [-0.3, -0.25) is 9.98 Å². The van der Waals surface area contributed by atoms with Gasteiger partial charge in [-0.1, -0.05) is 85.6 Å². The molecular formula is C34H38Br2N2NiP2+2. The third-order valence-electron chi connectivity index (χ3n) is 7.37. The zero-order valence-electron chi connectivity index (χ0n) is 23.1. The Morgan fingerprint density at radius 3 is 1.07 bits per heavy atom. The first kappa shape index (κ1) is 32.4. The van der Waals surface area contributed by atoms with E-state index in [1.807, 2.05) is 0 Å². The number of aliphatic imine (C=N–C) groups is 2. The topological polar surface area (TPSA) is 24.7 Å². The Morgan fingerprint density at radius 1 is 0.537 bits per heavy atom. The fourth-order valence-corrected chi connectivity index (χ4v) is 9.93. The van der Waals surface area contributed by atoms with Crippen molar-refractivity contribution in [3.63, 3.8) is 0 Å². The summed E-state index contributed by atoms with van der Waals surface area (Å²) in [6.45, 7) is 0. The first-order valence-electron chi connectivity index (χ1n) is 14.1. The summed E-state index contributed by atoms with van der Waals surface area (Å²) in [5.74, 6) is 0. The number of hydrogen-bond donors (Lipinski definition) is 0. The van der Waals surface area contributed by atoms with E-state index in [4.69, 9.17) is 9.98 Å². The van der Waals surface area contributed by atoms with Crippen molar-refractivity contribution in [3.05, 3.63) is 121 Å². The Balaban J connectivity index is 0.00000124. The average molecular weight is 755 g/mol. The van der Waals surface area contributed by atoms with Crippen molar-refractivity contribution >= 4 is 77.9 Å². The molecule has 0 heterocycles. The van der Waals surface area contributed by atoms with E-state index in [0.717, 1.165) is 25.2 Å². The van der Waals surface area contributed by atoms with Crippen molar-refractivity contribution in [3.8, 4) is 0 Å². The van der Waals surface area contributed by atoms with Crippen molar-refractivity contribution in [1.82, 2.24) is 0 Å². The van der Waals surface area contributed by atoms with Crippen LogP contribution < -0.4 is 21.2 Å². The van der Waals surface area contributed by atoms with Crippen LogP contribution in [0.2, 0.25) is 0 Å². The molecule has 0 spiro atoms. The molecule has 2 atom stereocenters. The monoisotopic (exact) mass is 752 g/mol. The summed E-state index contributed by atoms with van der Waals surface area (Å²) in [4.78, 5) is 10.3. The molecule has 0 unspecified atom stereocenters. The van der Waals surface area contributed by atoms with Gasteiger partial charge < -0.3 is 0 Å². The molecule has 1 saturated carbocycles. The van der Waals surface area contributed by atoms with Crippen molar-refractivity contribution in [1.29, 1.82) is 0 Å². The fourth-order valence-electron chi connectivity index (χ4n) is 5.36. The van der Waals surface area contributed by atoms with Gasteiger partial charge in [-0.05, 0) is 61.4 Å². The predicted molar refractivity (Wildman–Crippen MR) is 192 cm³/mol. The number of rotatable bonds is 10. The zero-order chi connectivity index (χ0) is 28.5. The van der Waals surface area contributed by atoms with Crippen molar-refractivity contribution in [2.24, 2.45) is 9.98 Å². The second kappa shape index (κ2) is 18.9. The van der Waals surface area contributed by atoms with Gasteiger partial charge in [0, 0.05) is 12.4 Å². The van der Waals surface area contributed by atoms with E-state index < -0.39 is 15.8 Å². The van der Waals surface area contributed by atoms with Crippen LogP contribution in [0.25, 0.3) is 0 Å². The fraction of sp³-hybridized carbons (Fsp3) is 0.235. The van der Waals surface area contributed by atoms with Gasteiger partial charge in [0.05, 0.1) is 49.1 Å². The molecule has 4 aromatic carbocycles. The van der Waals surface area contributed by atoms with E-state index in [-0.39, 0.29) is 0 Å². The Hall–Kier alpha value is -1.47. The van der Waals surface area contributed by atoms with Crippen LogP contribution in [0.3, 0.4) is 0 Å². The van der Waals surface area contributed by atoms with Crippen LogP contribution in [0, 0.1) is 0 Å². The summed E-state index contributed by atoms with van der Waals surface area (Å²) >= 11 is 6.00. The predicted octanol–water partition coefficient (Wildman–Crippen LogP) is 7.86. The summed E-state index contributed by atoms with van der Waals surface area (Å²) in [7, 11) is -0.529. The van der Waals surface area contributed by atoms with Crippen LogP contribution in [-0.4, -0.2) is 36.8 Å². The molecule has 4 aromatic rings. The van der Waals surface area contributed by atoms with Crippen LogP contribution in [-0.2, 0) is 10.9 Å². The second-order valence-electron chi connectivity index (χ2n) is 9.96. The zero-order valence-corrected chi connectivity index (χ0v) is 29.2. The van der Waals surface area contributed by atoms with Gasteiger partial charge in [-0.25, -0.2) is 0 Å². The molecule has 0 aliphatic heterocycles. The molecule has 5 rings (SSSR count). The van der Waals surface area contributed by atoms with Crippen LogP contribution in [0.1, 0.15) is 25.7 Å². The summed E-state index contributed by atoms with van der Waals surface area (Å²) in [6.07, 6.45) is 11.3. The molecule has 216 valence electrons. The third-order valence-corrected chi connectivity index (χ3v) is 12.7. The van der Waals surface area contributed by atoms with Gasteiger partial charge in [0.25, 0.3) is 0 Å². The molecule has 2 nitrogen and oxygen atoms in total. The molecule has 1 aliphatic carbocycles. The molecule has 0 aromatic heterocycles. The SMILES string of the molecule is C(C[PH+](c1ccccc1)c1ccccc1)=N[C@@H]1CCCC[C@H]1N=CC[PH+](c1ccccc1)c1ccccc1.[Br][Ni][Br]. The van der Waals surface area contributed by atoms with E-state index in [1.165, 1.54) is 45.0 Å². The van der Waals surface area contributed by atoms with Gasteiger partial charge in [-0.2, -0.15) is 0 Å². The Kier molecular flexibility index (Phi) is 15.0. The molecule has 0 radical (unpaired) electrons. The first-order valence-corrected chi connectivity index (χ1v) is 22.4. The van der Waals surface area contributed by atoms with Gasteiger partial charge in [0.1, 0.15) is 12.3 Å². The van der Waals surface area contributed by atoms with E-state index in [2.05, 4.69) is 162 Å². The second-order valence-corrected chi connectivity index (χ2v) is 20.0. The standard InChI is InChI=1S/C34H36N2P2.2BrH.Ni/c1-5-15-29(16-6-1)37(30-17-7-2-8-18-30)27-25-35-33-23-13-14-24-34(33)36-26-28-38(31-19-9-3-10-20-31)32-21-11-4-12-22-32;;;/h1-12,15-22,25-26,33-34H,13-14,23-24,27-28H2;2*1H;/q;;;+2/t33-,34-;;;/m1.../s1. The van der Waals surface area contributed by atoms with Crippen LogP contribution in [0.4, 0.5) is 0 Å². The van der Waals surface area contributed by atoms with Gasteiger partial charge >= 0.3 is 39.3 Å². The van der Waals surface area contributed by atoms with Crippen molar-refractivity contribution < 1.29 is 10.9 Å². The molecule has 0 amide bonds. The third kappa shape index (κ3) is 10.6. The Bertz CT molecular complexity index is 1130. The van der Waals surface area contributed by atoms with E-state index in [0.29, 0.717) is 12.1 Å². The van der Waals surface area contributed by atoms with Gasteiger partial charge in [-0.15, -0.1) is 0 Å². The van der Waals surface area contributed by atoms with Gasteiger partial charge in [0.2, 0.25) is 0 Å². The summed E-state index contributed by atoms with van der Waals surface area (Å²) in [6, 6.07) is 44.5. The number of hydrogen-bond acceptors (Lipinski definition) is 2.